The molecule has 1 aromatic heterocycles. The van der Waals surface area contributed by atoms with Crippen LogP contribution in [0.4, 0.5) is 13.9 Å². The quantitative estimate of drug-likeness (QED) is 0.637. The van der Waals surface area contributed by atoms with Gasteiger partial charge in [-0.3, -0.25) is 10.1 Å². The van der Waals surface area contributed by atoms with Gasteiger partial charge in [-0.15, -0.1) is 11.8 Å². The Morgan fingerprint density at radius 3 is 2.58 bits per heavy atom. The van der Waals surface area contributed by atoms with Crippen LogP contribution in [-0.4, -0.2) is 16.1 Å². The third kappa shape index (κ3) is 3.73. The van der Waals surface area contributed by atoms with Crippen molar-refractivity contribution in [2.75, 3.05) is 5.32 Å². The molecule has 0 saturated carbocycles. The van der Waals surface area contributed by atoms with E-state index in [1.165, 1.54) is 6.07 Å². The smallest absolute Gasteiger partial charge is 0.257 e. The van der Waals surface area contributed by atoms with E-state index in [4.69, 9.17) is 0 Å². The molecular weight excluding hydrogens is 350 g/mol. The first kappa shape index (κ1) is 16.9. The minimum Gasteiger partial charge on any atom is -0.298 e. The summed E-state index contributed by atoms with van der Waals surface area (Å²) in [5.74, 6) is -1.74. The average molecular weight is 364 g/mol. The molecule has 0 aliphatic rings. The fourth-order valence-electron chi connectivity index (χ4n) is 2.14. The zero-order chi connectivity index (χ0) is 17.3. The number of hydrogen-bond acceptors (Lipinski definition) is 4. The van der Waals surface area contributed by atoms with Crippen LogP contribution in [0.5, 0.6) is 0 Å². The predicted octanol–water partition coefficient (Wildman–Crippen LogP) is 5.33. The first-order chi connectivity index (χ1) is 11.4. The lowest BCUT2D eigenvalue weighted by Gasteiger charge is -2.06. The fourth-order valence-corrected chi connectivity index (χ4v) is 3.87. The standard InChI is InChI=1S/C17H14F2N2OS2/c1-9(2)23-12-5-3-10(4-6-12)16(22)21-17-20-15-13(19)7-11(18)8-14(15)24-17/h3-9H,1-2H3,(H,20,21,22). The Hall–Kier alpha value is -1.99. The van der Waals surface area contributed by atoms with E-state index in [0.717, 1.165) is 22.3 Å². The van der Waals surface area contributed by atoms with Crippen molar-refractivity contribution in [1.82, 2.24) is 4.98 Å². The van der Waals surface area contributed by atoms with Gasteiger partial charge in [-0.25, -0.2) is 13.8 Å². The average Bonchev–Trinajstić information content (AvgIpc) is 2.90. The predicted molar refractivity (Wildman–Crippen MR) is 94.9 cm³/mol. The molecule has 0 aliphatic heterocycles. The molecule has 0 unspecified atom stereocenters. The van der Waals surface area contributed by atoms with Crippen LogP contribution in [0.25, 0.3) is 10.2 Å². The van der Waals surface area contributed by atoms with Gasteiger partial charge in [0, 0.05) is 21.8 Å². The molecule has 0 spiro atoms. The Bertz CT molecular complexity index is 891. The van der Waals surface area contributed by atoms with Gasteiger partial charge in [0.25, 0.3) is 5.91 Å². The van der Waals surface area contributed by atoms with Crippen LogP contribution >= 0.6 is 23.1 Å². The Labute approximate surface area is 146 Å². The topological polar surface area (TPSA) is 42.0 Å². The number of halogens is 2. The molecule has 0 bridgehead atoms. The summed E-state index contributed by atoms with van der Waals surface area (Å²) in [5, 5.41) is 3.32. The zero-order valence-electron chi connectivity index (χ0n) is 13.0. The number of thioether (sulfide) groups is 1. The highest BCUT2D eigenvalue weighted by atomic mass is 32.2. The second-order valence-electron chi connectivity index (χ2n) is 5.40. The van der Waals surface area contributed by atoms with Crippen LogP contribution < -0.4 is 5.32 Å². The SMILES string of the molecule is CC(C)Sc1ccc(C(=O)Nc2nc3c(F)cc(F)cc3s2)cc1. The summed E-state index contributed by atoms with van der Waals surface area (Å²) in [5.41, 5.74) is 0.536. The van der Waals surface area contributed by atoms with Gasteiger partial charge in [-0.1, -0.05) is 25.2 Å². The fraction of sp³-hybridized carbons (Fsp3) is 0.176. The second-order valence-corrected chi connectivity index (χ2v) is 8.08. The van der Waals surface area contributed by atoms with Crippen molar-refractivity contribution >= 4 is 44.4 Å². The summed E-state index contributed by atoms with van der Waals surface area (Å²) in [6.45, 7) is 4.20. The Balaban J connectivity index is 1.78. The normalized spacial score (nSPS) is 11.2. The number of amides is 1. The maximum atomic E-state index is 13.7. The molecule has 1 heterocycles. The number of nitrogens with zero attached hydrogens (tertiary/aromatic N) is 1. The molecule has 0 radical (unpaired) electrons. The molecule has 24 heavy (non-hydrogen) atoms. The van der Waals surface area contributed by atoms with Gasteiger partial charge in [-0.05, 0) is 30.3 Å². The summed E-state index contributed by atoms with van der Waals surface area (Å²) in [6, 6.07) is 9.20. The van der Waals surface area contributed by atoms with E-state index in [1.54, 1.807) is 23.9 Å². The largest absolute Gasteiger partial charge is 0.298 e. The lowest BCUT2D eigenvalue weighted by atomic mass is 10.2. The van der Waals surface area contributed by atoms with Crippen molar-refractivity contribution in [1.29, 1.82) is 0 Å². The third-order valence-electron chi connectivity index (χ3n) is 3.12. The van der Waals surface area contributed by atoms with E-state index in [0.29, 0.717) is 15.5 Å². The molecule has 3 nitrogen and oxygen atoms in total. The molecule has 1 amide bonds. The minimum absolute atomic E-state index is 0.0559. The molecule has 3 aromatic rings. The first-order valence-corrected chi connectivity index (χ1v) is 8.95. The van der Waals surface area contributed by atoms with Crippen LogP contribution in [-0.2, 0) is 0 Å². The van der Waals surface area contributed by atoms with Crippen LogP contribution in [0.1, 0.15) is 24.2 Å². The number of fused-ring (bicyclic) bond motifs is 1. The number of aromatic nitrogens is 1. The van der Waals surface area contributed by atoms with E-state index in [2.05, 4.69) is 24.1 Å². The van der Waals surface area contributed by atoms with Gasteiger partial charge in [-0.2, -0.15) is 0 Å². The van der Waals surface area contributed by atoms with E-state index in [-0.39, 0.29) is 16.6 Å². The van der Waals surface area contributed by atoms with E-state index < -0.39 is 11.6 Å². The maximum Gasteiger partial charge on any atom is 0.257 e. The molecule has 124 valence electrons. The number of nitrogens with one attached hydrogen (secondary N) is 1. The third-order valence-corrected chi connectivity index (χ3v) is 5.06. The highest BCUT2D eigenvalue weighted by Gasteiger charge is 2.13. The highest BCUT2D eigenvalue weighted by molar-refractivity contribution is 7.99. The van der Waals surface area contributed by atoms with Crippen LogP contribution in [0, 0.1) is 11.6 Å². The summed E-state index contributed by atoms with van der Waals surface area (Å²) in [6.07, 6.45) is 0. The Kier molecular flexibility index (Phi) is 4.82. The highest BCUT2D eigenvalue weighted by Crippen LogP contribution is 2.29. The van der Waals surface area contributed by atoms with Crippen LogP contribution in [0.3, 0.4) is 0 Å². The van der Waals surface area contributed by atoms with Crippen molar-refractivity contribution < 1.29 is 13.6 Å². The van der Waals surface area contributed by atoms with Crippen LogP contribution in [0.15, 0.2) is 41.3 Å². The van der Waals surface area contributed by atoms with Crippen molar-refractivity contribution in [3.63, 3.8) is 0 Å². The molecule has 0 fully saturated rings. The van der Waals surface area contributed by atoms with Gasteiger partial charge < -0.3 is 0 Å². The molecule has 0 atom stereocenters. The lowest BCUT2D eigenvalue weighted by molar-refractivity contribution is 0.102. The Morgan fingerprint density at radius 2 is 1.92 bits per heavy atom. The molecule has 0 saturated heterocycles. The van der Waals surface area contributed by atoms with Crippen molar-refractivity contribution in [2.45, 2.75) is 24.0 Å². The molecule has 7 heteroatoms. The van der Waals surface area contributed by atoms with Crippen molar-refractivity contribution in [3.05, 3.63) is 53.6 Å². The summed E-state index contributed by atoms with van der Waals surface area (Å²) in [4.78, 5) is 17.4. The number of carbonyl (C=O) groups is 1. The van der Waals surface area contributed by atoms with Gasteiger partial charge >= 0.3 is 0 Å². The van der Waals surface area contributed by atoms with E-state index >= 15 is 0 Å². The first-order valence-electron chi connectivity index (χ1n) is 7.26. The number of benzene rings is 2. The number of thiazole rings is 1. The molecule has 0 aliphatic carbocycles. The molecule has 3 rings (SSSR count). The maximum absolute atomic E-state index is 13.7. The van der Waals surface area contributed by atoms with Crippen LogP contribution in [0.2, 0.25) is 0 Å². The van der Waals surface area contributed by atoms with E-state index in [1.807, 2.05) is 12.1 Å². The Morgan fingerprint density at radius 1 is 1.21 bits per heavy atom. The minimum atomic E-state index is -0.739. The summed E-state index contributed by atoms with van der Waals surface area (Å²) in [7, 11) is 0. The number of carbonyl (C=O) groups excluding carboxylic acids is 1. The van der Waals surface area contributed by atoms with Crippen molar-refractivity contribution in [3.8, 4) is 0 Å². The monoisotopic (exact) mass is 364 g/mol. The summed E-state index contributed by atoms with van der Waals surface area (Å²) < 4.78 is 27.2. The van der Waals surface area contributed by atoms with Gasteiger partial charge in [0.05, 0.1) is 4.70 Å². The molecular formula is C17H14F2N2OS2. The number of rotatable bonds is 4. The van der Waals surface area contributed by atoms with Gasteiger partial charge in [0.1, 0.15) is 11.3 Å². The van der Waals surface area contributed by atoms with E-state index in [9.17, 15) is 13.6 Å². The molecule has 2 aromatic carbocycles. The second kappa shape index (κ2) is 6.86. The summed E-state index contributed by atoms with van der Waals surface area (Å²) >= 11 is 2.74. The number of anilines is 1. The van der Waals surface area contributed by atoms with Crippen molar-refractivity contribution in [2.24, 2.45) is 0 Å². The lowest BCUT2D eigenvalue weighted by Crippen LogP contribution is -2.11. The molecule has 1 N–H and O–H groups in total. The van der Waals surface area contributed by atoms with Gasteiger partial charge in [0.15, 0.2) is 10.9 Å². The zero-order valence-corrected chi connectivity index (χ0v) is 14.6. The number of hydrogen-bond donors (Lipinski definition) is 1. The van der Waals surface area contributed by atoms with Gasteiger partial charge in [0.2, 0.25) is 0 Å².